The zero-order valence-electron chi connectivity index (χ0n) is 8.50. The number of benzene rings is 1. The van der Waals surface area contributed by atoms with E-state index in [1.807, 2.05) is 0 Å². The summed E-state index contributed by atoms with van der Waals surface area (Å²) >= 11 is 3.15. The van der Waals surface area contributed by atoms with Crippen LogP contribution in [0, 0.1) is 5.82 Å². The maximum atomic E-state index is 13.5. The first-order valence-electron chi connectivity index (χ1n) is 4.44. The third-order valence-corrected chi connectivity index (χ3v) is 2.71. The largest absolute Gasteiger partial charge is 0.496 e. The predicted molar refractivity (Wildman–Crippen MR) is 59.3 cm³/mol. The van der Waals surface area contributed by atoms with Crippen molar-refractivity contribution in [3.63, 3.8) is 0 Å². The molecule has 0 saturated carbocycles. The Hall–Kier alpha value is -0.650. The number of nitrogens with two attached hydrogens (primary N) is 1. The quantitative estimate of drug-likeness (QED) is 0.888. The molecule has 0 saturated heterocycles. The number of rotatable bonds is 3. The standard InChI is InChI=1S/C10H13BrFNO2/c1-5(13)10(14)6-3-9(15-2)7(11)4-8(6)12/h3-5,10,14H,13H2,1-2H3. The highest BCUT2D eigenvalue weighted by Crippen LogP contribution is 2.31. The van der Waals surface area contributed by atoms with E-state index in [-0.39, 0.29) is 5.56 Å². The van der Waals surface area contributed by atoms with Gasteiger partial charge in [0.05, 0.1) is 17.7 Å². The highest BCUT2D eigenvalue weighted by molar-refractivity contribution is 9.10. The monoisotopic (exact) mass is 277 g/mol. The summed E-state index contributed by atoms with van der Waals surface area (Å²) in [5.74, 6) is -0.0430. The second-order valence-electron chi connectivity index (χ2n) is 3.31. The molecule has 0 spiro atoms. The Morgan fingerprint density at radius 2 is 2.13 bits per heavy atom. The third kappa shape index (κ3) is 2.68. The maximum absolute atomic E-state index is 13.5. The summed E-state index contributed by atoms with van der Waals surface area (Å²) in [6.07, 6.45) is -1.04. The molecule has 3 nitrogen and oxygen atoms in total. The Morgan fingerprint density at radius 3 is 2.60 bits per heavy atom. The molecule has 84 valence electrons. The number of aliphatic hydroxyl groups is 1. The van der Waals surface area contributed by atoms with Crippen LogP contribution in [0.2, 0.25) is 0 Å². The summed E-state index contributed by atoms with van der Waals surface area (Å²) in [7, 11) is 1.47. The van der Waals surface area contributed by atoms with Crippen LogP contribution in [0.25, 0.3) is 0 Å². The fourth-order valence-electron chi connectivity index (χ4n) is 1.21. The molecule has 1 rings (SSSR count). The lowest BCUT2D eigenvalue weighted by atomic mass is 10.0. The zero-order valence-corrected chi connectivity index (χ0v) is 10.1. The van der Waals surface area contributed by atoms with E-state index in [4.69, 9.17) is 10.5 Å². The van der Waals surface area contributed by atoms with Gasteiger partial charge in [-0.1, -0.05) is 0 Å². The molecule has 5 heteroatoms. The summed E-state index contributed by atoms with van der Waals surface area (Å²) in [6.45, 7) is 1.61. The zero-order chi connectivity index (χ0) is 11.6. The van der Waals surface area contributed by atoms with Crippen molar-refractivity contribution in [1.82, 2.24) is 0 Å². The average Bonchev–Trinajstić information content (AvgIpc) is 2.17. The number of hydrogen-bond donors (Lipinski definition) is 2. The topological polar surface area (TPSA) is 55.5 Å². The van der Waals surface area contributed by atoms with Gasteiger partial charge in [-0.3, -0.25) is 0 Å². The van der Waals surface area contributed by atoms with Crippen molar-refractivity contribution < 1.29 is 14.2 Å². The number of hydrogen-bond acceptors (Lipinski definition) is 3. The molecule has 0 aliphatic carbocycles. The molecule has 0 radical (unpaired) electrons. The van der Waals surface area contributed by atoms with Gasteiger partial charge in [-0.15, -0.1) is 0 Å². The van der Waals surface area contributed by atoms with Crippen LogP contribution in [0.15, 0.2) is 16.6 Å². The third-order valence-electron chi connectivity index (χ3n) is 2.09. The summed E-state index contributed by atoms with van der Waals surface area (Å²) in [4.78, 5) is 0. The molecule has 0 heterocycles. The van der Waals surface area contributed by atoms with Gasteiger partial charge in [0.25, 0.3) is 0 Å². The number of methoxy groups -OCH3 is 1. The van der Waals surface area contributed by atoms with Crippen molar-refractivity contribution in [2.75, 3.05) is 7.11 Å². The first kappa shape index (κ1) is 12.4. The Morgan fingerprint density at radius 1 is 1.53 bits per heavy atom. The van der Waals surface area contributed by atoms with Crippen LogP contribution >= 0.6 is 15.9 Å². The second-order valence-corrected chi connectivity index (χ2v) is 4.17. The maximum Gasteiger partial charge on any atom is 0.133 e. The Bertz CT molecular complexity index is 358. The van der Waals surface area contributed by atoms with Crippen LogP contribution < -0.4 is 10.5 Å². The van der Waals surface area contributed by atoms with Crippen molar-refractivity contribution in [2.45, 2.75) is 19.1 Å². The van der Waals surface area contributed by atoms with Gasteiger partial charge in [0.1, 0.15) is 11.6 Å². The first-order chi connectivity index (χ1) is 6.97. The molecule has 2 unspecified atom stereocenters. The summed E-state index contributed by atoms with van der Waals surface area (Å²) in [5.41, 5.74) is 5.64. The lowest BCUT2D eigenvalue weighted by Crippen LogP contribution is -2.25. The van der Waals surface area contributed by atoms with E-state index in [0.29, 0.717) is 10.2 Å². The van der Waals surface area contributed by atoms with E-state index in [1.165, 1.54) is 19.2 Å². The lowest BCUT2D eigenvalue weighted by Gasteiger charge is -2.17. The molecule has 0 fully saturated rings. The molecule has 0 amide bonds. The lowest BCUT2D eigenvalue weighted by molar-refractivity contribution is 0.148. The van der Waals surface area contributed by atoms with Crippen molar-refractivity contribution in [3.8, 4) is 5.75 Å². The van der Waals surface area contributed by atoms with Gasteiger partial charge in [-0.05, 0) is 35.0 Å². The Labute approximate surface area is 96.2 Å². The van der Waals surface area contributed by atoms with Gasteiger partial charge < -0.3 is 15.6 Å². The van der Waals surface area contributed by atoms with E-state index >= 15 is 0 Å². The summed E-state index contributed by atoms with van der Waals surface area (Å²) < 4.78 is 19.0. The van der Waals surface area contributed by atoms with Crippen LogP contribution in [0.5, 0.6) is 5.75 Å². The van der Waals surface area contributed by atoms with Crippen LogP contribution in [0.1, 0.15) is 18.6 Å². The smallest absolute Gasteiger partial charge is 0.133 e. The Balaban J connectivity index is 3.18. The first-order valence-corrected chi connectivity index (χ1v) is 5.23. The highest BCUT2D eigenvalue weighted by Gasteiger charge is 2.19. The molecule has 1 aromatic carbocycles. The van der Waals surface area contributed by atoms with Crippen molar-refractivity contribution in [1.29, 1.82) is 0 Å². The minimum Gasteiger partial charge on any atom is -0.496 e. The number of ether oxygens (including phenoxy) is 1. The van der Waals surface area contributed by atoms with Crippen molar-refractivity contribution in [3.05, 3.63) is 28.0 Å². The van der Waals surface area contributed by atoms with E-state index in [9.17, 15) is 9.50 Å². The van der Waals surface area contributed by atoms with Gasteiger partial charge in [0.2, 0.25) is 0 Å². The molecule has 0 bridgehead atoms. The molecule has 0 aliphatic rings. The van der Waals surface area contributed by atoms with Crippen molar-refractivity contribution in [2.24, 2.45) is 5.73 Å². The van der Waals surface area contributed by atoms with E-state index < -0.39 is 18.0 Å². The fourth-order valence-corrected chi connectivity index (χ4v) is 1.69. The molecule has 2 atom stereocenters. The van der Waals surface area contributed by atoms with Gasteiger partial charge in [0, 0.05) is 11.6 Å². The fraction of sp³-hybridized carbons (Fsp3) is 0.400. The molecule has 15 heavy (non-hydrogen) atoms. The molecule has 3 N–H and O–H groups in total. The van der Waals surface area contributed by atoms with Crippen LogP contribution in [0.4, 0.5) is 4.39 Å². The molecular formula is C10H13BrFNO2. The highest BCUT2D eigenvalue weighted by atomic mass is 79.9. The van der Waals surface area contributed by atoms with Crippen LogP contribution in [-0.2, 0) is 0 Å². The number of halogens is 2. The minimum absolute atomic E-state index is 0.144. The second kappa shape index (κ2) is 4.92. The van der Waals surface area contributed by atoms with Gasteiger partial charge in [0.15, 0.2) is 0 Å². The van der Waals surface area contributed by atoms with Gasteiger partial charge in [-0.2, -0.15) is 0 Å². The van der Waals surface area contributed by atoms with E-state index in [0.717, 1.165) is 0 Å². The number of aliphatic hydroxyl groups excluding tert-OH is 1. The van der Waals surface area contributed by atoms with E-state index in [1.54, 1.807) is 6.92 Å². The summed E-state index contributed by atoms with van der Waals surface area (Å²) in [5, 5.41) is 9.65. The van der Waals surface area contributed by atoms with Crippen LogP contribution in [0.3, 0.4) is 0 Å². The molecular weight excluding hydrogens is 265 g/mol. The molecule has 1 aromatic rings. The Kier molecular flexibility index (Phi) is 4.07. The summed E-state index contributed by atoms with van der Waals surface area (Å²) in [6, 6.07) is 2.15. The van der Waals surface area contributed by atoms with Crippen LogP contribution in [-0.4, -0.2) is 18.3 Å². The predicted octanol–water partition coefficient (Wildman–Crippen LogP) is 1.98. The van der Waals surface area contributed by atoms with E-state index in [2.05, 4.69) is 15.9 Å². The van der Waals surface area contributed by atoms with Gasteiger partial charge >= 0.3 is 0 Å². The molecule has 0 aliphatic heterocycles. The average molecular weight is 278 g/mol. The minimum atomic E-state index is -1.04. The van der Waals surface area contributed by atoms with Gasteiger partial charge in [-0.25, -0.2) is 4.39 Å². The molecule has 0 aromatic heterocycles. The van der Waals surface area contributed by atoms with Crippen molar-refractivity contribution >= 4 is 15.9 Å². The normalized spacial score (nSPS) is 14.8. The SMILES string of the molecule is COc1cc(C(O)C(C)N)c(F)cc1Br.